The van der Waals surface area contributed by atoms with Gasteiger partial charge in [0.05, 0.1) is 0 Å². The lowest BCUT2D eigenvalue weighted by Gasteiger charge is -1.99. The lowest BCUT2D eigenvalue weighted by atomic mass is 10.2. The first-order chi connectivity index (χ1) is 5.63. The Kier molecular flexibility index (Phi) is 2.25. The van der Waals surface area contributed by atoms with Crippen molar-refractivity contribution in [1.82, 2.24) is 5.43 Å². The average Bonchev–Trinajstić information content (AvgIpc) is 2.01. The number of phenols is 1. The van der Waals surface area contributed by atoms with Crippen LogP contribution in [0.3, 0.4) is 0 Å². The molecule has 0 fully saturated rings. The summed E-state index contributed by atoms with van der Waals surface area (Å²) in [5.41, 5.74) is 1.80. The van der Waals surface area contributed by atoms with Crippen LogP contribution in [-0.2, 0) is 0 Å². The van der Waals surface area contributed by atoms with Gasteiger partial charge in [-0.05, 0) is 12.1 Å². The van der Waals surface area contributed by atoms with E-state index in [9.17, 15) is 9.18 Å². The molecule has 0 bridgehead atoms. The molecule has 4 N–H and O–H groups in total. The van der Waals surface area contributed by atoms with Crippen molar-refractivity contribution in [3.63, 3.8) is 0 Å². The molecule has 0 heterocycles. The number of nitrogen functional groups attached to an aromatic ring is 1. The van der Waals surface area contributed by atoms with Gasteiger partial charge in [-0.1, -0.05) is 0 Å². The molecule has 1 rings (SSSR count). The molecule has 0 radical (unpaired) electrons. The van der Waals surface area contributed by atoms with E-state index in [2.05, 4.69) is 0 Å². The van der Waals surface area contributed by atoms with Crippen LogP contribution in [0.4, 0.5) is 4.39 Å². The fourth-order valence-corrected chi connectivity index (χ4v) is 0.789. The largest absolute Gasteiger partial charge is 0.508 e. The van der Waals surface area contributed by atoms with Gasteiger partial charge in [0.25, 0.3) is 5.91 Å². The Morgan fingerprint density at radius 3 is 2.67 bits per heavy atom. The molecule has 0 aromatic heterocycles. The van der Waals surface area contributed by atoms with E-state index in [0.717, 1.165) is 18.2 Å². The van der Waals surface area contributed by atoms with E-state index >= 15 is 0 Å². The number of hydrazine groups is 1. The number of hydrogen-bond donors (Lipinski definition) is 3. The van der Waals surface area contributed by atoms with Crippen LogP contribution in [0.5, 0.6) is 5.75 Å². The number of nitrogens with two attached hydrogens (primary N) is 1. The van der Waals surface area contributed by atoms with Crippen LogP contribution in [0.1, 0.15) is 10.4 Å². The molecule has 4 nitrogen and oxygen atoms in total. The Morgan fingerprint density at radius 1 is 1.50 bits per heavy atom. The van der Waals surface area contributed by atoms with E-state index in [0.29, 0.717) is 0 Å². The Bertz CT molecular complexity index is 294. The number of phenolic OH excluding ortho intramolecular Hbond substituents is 1. The third-order valence-corrected chi connectivity index (χ3v) is 1.28. The van der Waals surface area contributed by atoms with E-state index in [4.69, 9.17) is 10.9 Å². The van der Waals surface area contributed by atoms with Crippen molar-refractivity contribution in [2.24, 2.45) is 5.84 Å². The minimum Gasteiger partial charge on any atom is -0.508 e. The zero-order chi connectivity index (χ0) is 9.14. The lowest BCUT2D eigenvalue weighted by molar-refractivity contribution is 0.0953. The number of amides is 1. The van der Waals surface area contributed by atoms with E-state index in [-0.39, 0.29) is 11.3 Å². The van der Waals surface area contributed by atoms with Gasteiger partial charge in [-0.25, -0.2) is 10.2 Å². The second-order valence-electron chi connectivity index (χ2n) is 2.17. The first-order valence-electron chi connectivity index (χ1n) is 3.14. The maximum atomic E-state index is 12.5. The molecular weight excluding hydrogens is 163 g/mol. The molecule has 12 heavy (non-hydrogen) atoms. The minimum atomic E-state index is -0.686. The van der Waals surface area contributed by atoms with E-state index in [1.807, 2.05) is 5.43 Å². The molecule has 0 spiro atoms. The molecule has 1 aromatic carbocycles. The summed E-state index contributed by atoms with van der Waals surface area (Å²) in [7, 11) is 0. The minimum absolute atomic E-state index is 0.0185. The van der Waals surface area contributed by atoms with E-state index in [1.165, 1.54) is 0 Å². The van der Waals surface area contributed by atoms with Gasteiger partial charge in [-0.3, -0.25) is 10.2 Å². The van der Waals surface area contributed by atoms with Crippen molar-refractivity contribution in [2.45, 2.75) is 0 Å². The summed E-state index contributed by atoms with van der Waals surface area (Å²) in [6.45, 7) is 0. The molecular formula is C7H7FN2O2. The van der Waals surface area contributed by atoms with E-state index in [1.54, 1.807) is 0 Å². The van der Waals surface area contributed by atoms with Crippen molar-refractivity contribution >= 4 is 5.91 Å². The number of aromatic hydroxyl groups is 1. The van der Waals surface area contributed by atoms with Gasteiger partial charge in [-0.15, -0.1) is 0 Å². The first kappa shape index (κ1) is 8.48. The monoisotopic (exact) mass is 170 g/mol. The van der Waals surface area contributed by atoms with Gasteiger partial charge in [0, 0.05) is 11.6 Å². The molecule has 0 aliphatic heterocycles. The fourth-order valence-electron chi connectivity index (χ4n) is 0.789. The predicted molar refractivity (Wildman–Crippen MR) is 39.7 cm³/mol. The highest BCUT2D eigenvalue weighted by atomic mass is 19.1. The summed E-state index contributed by atoms with van der Waals surface area (Å²) >= 11 is 0. The van der Waals surface area contributed by atoms with Gasteiger partial charge in [0.2, 0.25) is 0 Å². The number of benzene rings is 1. The summed E-state index contributed by atoms with van der Waals surface area (Å²) in [5.74, 6) is 3.15. The maximum Gasteiger partial charge on any atom is 0.265 e. The topological polar surface area (TPSA) is 75.3 Å². The van der Waals surface area contributed by atoms with Gasteiger partial charge in [0.15, 0.2) is 0 Å². The maximum absolute atomic E-state index is 12.5. The Morgan fingerprint density at radius 2 is 2.17 bits per heavy atom. The molecule has 1 amide bonds. The molecule has 0 saturated carbocycles. The normalized spacial score (nSPS) is 9.50. The highest BCUT2D eigenvalue weighted by Crippen LogP contribution is 2.13. The zero-order valence-corrected chi connectivity index (χ0v) is 6.04. The first-order valence-corrected chi connectivity index (χ1v) is 3.14. The molecule has 0 aliphatic carbocycles. The van der Waals surface area contributed by atoms with Crippen molar-refractivity contribution in [2.75, 3.05) is 0 Å². The quantitative estimate of drug-likeness (QED) is 0.318. The summed E-state index contributed by atoms with van der Waals surface area (Å²) in [6.07, 6.45) is 0. The Balaban J connectivity index is 3.08. The van der Waals surface area contributed by atoms with Crippen LogP contribution in [0.2, 0.25) is 0 Å². The zero-order valence-electron chi connectivity index (χ0n) is 6.04. The second-order valence-corrected chi connectivity index (χ2v) is 2.17. The summed E-state index contributed by atoms with van der Waals surface area (Å²) in [5, 5.41) is 8.88. The third kappa shape index (κ3) is 1.70. The summed E-state index contributed by atoms with van der Waals surface area (Å²) < 4.78 is 12.5. The molecule has 64 valence electrons. The number of hydrogen-bond acceptors (Lipinski definition) is 3. The highest BCUT2D eigenvalue weighted by molar-refractivity contribution is 5.94. The number of carbonyl (C=O) groups excluding carboxylic acids is 1. The molecule has 0 unspecified atom stereocenters. The summed E-state index contributed by atoms with van der Waals surface area (Å²) in [6, 6.07) is 2.99. The molecule has 1 aromatic rings. The number of halogens is 1. The van der Waals surface area contributed by atoms with Crippen LogP contribution >= 0.6 is 0 Å². The highest BCUT2D eigenvalue weighted by Gasteiger charge is 2.06. The van der Waals surface area contributed by atoms with Crippen molar-refractivity contribution < 1.29 is 14.3 Å². The third-order valence-electron chi connectivity index (χ3n) is 1.28. The average molecular weight is 170 g/mol. The fraction of sp³-hybridized carbons (Fsp3) is 0. The van der Waals surface area contributed by atoms with Gasteiger partial charge < -0.3 is 5.11 Å². The summed E-state index contributed by atoms with van der Waals surface area (Å²) in [4.78, 5) is 10.8. The molecule has 0 aliphatic rings. The van der Waals surface area contributed by atoms with Crippen LogP contribution < -0.4 is 11.3 Å². The smallest absolute Gasteiger partial charge is 0.265 e. The SMILES string of the molecule is NNC(=O)c1cc(O)cc(F)c1. The van der Waals surface area contributed by atoms with Crippen LogP contribution in [0.15, 0.2) is 18.2 Å². The van der Waals surface area contributed by atoms with Crippen LogP contribution in [0, 0.1) is 5.82 Å². The Labute approximate surface area is 67.8 Å². The van der Waals surface area contributed by atoms with Crippen LogP contribution in [-0.4, -0.2) is 11.0 Å². The van der Waals surface area contributed by atoms with Crippen molar-refractivity contribution in [3.05, 3.63) is 29.6 Å². The van der Waals surface area contributed by atoms with Gasteiger partial charge in [-0.2, -0.15) is 0 Å². The molecule has 0 atom stereocenters. The predicted octanol–water partition coefficient (Wildman–Crippen LogP) is 0.135. The van der Waals surface area contributed by atoms with Crippen LogP contribution in [0.25, 0.3) is 0 Å². The van der Waals surface area contributed by atoms with Gasteiger partial charge in [0.1, 0.15) is 11.6 Å². The number of rotatable bonds is 1. The number of carbonyl (C=O) groups is 1. The van der Waals surface area contributed by atoms with Gasteiger partial charge >= 0.3 is 0 Å². The van der Waals surface area contributed by atoms with Crippen molar-refractivity contribution in [3.8, 4) is 5.75 Å². The lowest BCUT2D eigenvalue weighted by Crippen LogP contribution is -2.29. The molecule has 0 saturated heterocycles. The molecule has 5 heteroatoms. The number of nitrogens with one attached hydrogen (secondary N) is 1. The van der Waals surface area contributed by atoms with Crippen molar-refractivity contribution in [1.29, 1.82) is 0 Å². The standard InChI is InChI=1S/C7H7FN2O2/c8-5-1-4(7(12)10-9)2-6(11)3-5/h1-3,11H,9H2,(H,10,12). The second kappa shape index (κ2) is 3.19. The Hall–Kier alpha value is -1.62. The van der Waals surface area contributed by atoms with E-state index < -0.39 is 11.7 Å².